The molecular formula is C16H21Cl2N5O2Pt. The van der Waals surface area contributed by atoms with Gasteiger partial charge in [-0.05, 0) is 37.7 Å². The minimum Gasteiger partial charge on any atom is -0.693 e. The van der Waals surface area contributed by atoms with E-state index in [0.717, 1.165) is 5.39 Å². The molecule has 0 unspecified atom stereocenters. The van der Waals surface area contributed by atoms with E-state index in [1.165, 1.54) is 4.90 Å². The predicted molar refractivity (Wildman–Crippen MR) is 105 cm³/mol. The first kappa shape index (κ1) is 24.8. The molecule has 2 aromatic carbocycles. The van der Waals surface area contributed by atoms with Gasteiger partial charge in [-0.2, -0.15) is 0 Å². The van der Waals surface area contributed by atoms with Crippen LogP contribution >= 0.6 is 18.8 Å². The monoisotopic (exact) mass is 580 g/mol. The molecule has 1 aliphatic heterocycles. The second-order valence-corrected chi connectivity index (χ2v) is 8.87. The third kappa shape index (κ3) is 5.16. The zero-order valence-electron chi connectivity index (χ0n) is 14.3. The van der Waals surface area contributed by atoms with Crippen LogP contribution in [0.15, 0.2) is 30.3 Å². The summed E-state index contributed by atoms with van der Waals surface area (Å²) in [5.74, 6) is -0.498. The van der Waals surface area contributed by atoms with Gasteiger partial charge in [0.25, 0.3) is 11.8 Å². The number of nitrogens with two attached hydrogens (primary N) is 3. The zero-order chi connectivity index (χ0) is 17.9. The maximum atomic E-state index is 12.6. The summed E-state index contributed by atoms with van der Waals surface area (Å²) in [7, 11) is 13.6. The summed E-state index contributed by atoms with van der Waals surface area (Å²) in [5.41, 5.74) is 7.49. The molecule has 1 heterocycles. The van der Waals surface area contributed by atoms with E-state index in [1.54, 1.807) is 18.2 Å². The van der Waals surface area contributed by atoms with Crippen LogP contribution in [0.1, 0.15) is 20.7 Å². The molecule has 0 bridgehead atoms. The average Bonchev–Trinajstić information content (AvgIpc) is 2.52. The van der Waals surface area contributed by atoms with Crippen molar-refractivity contribution in [3.8, 4) is 0 Å². The first-order valence-electron chi connectivity index (χ1n) is 7.06. The molecule has 0 fully saturated rings. The van der Waals surface area contributed by atoms with E-state index in [-0.39, 0.29) is 24.1 Å². The summed E-state index contributed by atoms with van der Waals surface area (Å²) in [4.78, 5) is 28.4. The number of rotatable bonds is 3. The predicted octanol–water partition coefficient (Wildman–Crippen LogP) is 4.39. The van der Waals surface area contributed by atoms with Crippen molar-refractivity contribution in [2.45, 2.75) is 0 Å². The molecule has 7 nitrogen and oxygen atoms in total. The largest absolute Gasteiger partial charge is 0.693 e. The Morgan fingerprint density at radius 1 is 1.08 bits per heavy atom. The molecule has 0 saturated heterocycles. The van der Waals surface area contributed by atoms with Crippen LogP contribution in [0.2, 0.25) is 0 Å². The number of amides is 2. The van der Waals surface area contributed by atoms with Gasteiger partial charge in [0.15, 0.2) is 0 Å². The van der Waals surface area contributed by atoms with Crippen molar-refractivity contribution in [1.29, 1.82) is 0 Å². The number of hydrogen-bond donors (Lipinski definition) is 1. The fourth-order valence-corrected chi connectivity index (χ4v) is 2.68. The maximum Gasteiger partial charge on any atom is -0.693 e. The van der Waals surface area contributed by atoms with Crippen LogP contribution in [0, 0.1) is 0 Å². The molecule has 0 radical (unpaired) electrons. The molecule has 0 aromatic heterocycles. The molecule has 2 aromatic rings. The number of likely N-dealkylation sites (N-methyl/N-ethyl adjacent to an activating group) is 1. The third-order valence-electron chi connectivity index (χ3n) is 3.72. The van der Waals surface area contributed by atoms with E-state index in [2.05, 4.69) is 0 Å². The molecule has 146 valence electrons. The summed E-state index contributed by atoms with van der Waals surface area (Å²) in [5, 5.41) is 1.54. The van der Waals surface area contributed by atoms with E-state index in [9.17, 15) is 9.59 Å². The first-order chi connectivity index (χ1) is 11.4. The number of anilines is 1. The fourth-order valence-electron chi connectivity index (χ4n) is 2.68. The van der Waals surface area contributed by atoms with Crippen LogP contribution in [0.4, 0.5) is 5.69 Å². The van der Waals surface area contributed by atoms with Crippen LogP contribution in [0.5, 0.6) is 0 Å². The number of carbonyl (C=O) groups excluding carboxylic acids is 2. The molecule has 6 N–H and O–H groups in total. The summed E-state index contributed by atoms with van der Waals surface area (Å²) in [6.07, 6.45) is 0. The van der Waals surface area contributed by atoms with Crippen molar-refractivity contribution in [2.75, 3.05) is 32.9 Å². The maximum absolute atomic E-state index is 12.6. The molecule has 10 heteroatoms. The van der Waals surface area contributed by atoms with Crippen LogP contribution in [0.25, 0.3) is 23.1 Å². The summed E-state index contributed by atoms with van der Waals surface area (Å²) in [6.45, 7) is 1.00. The topological polar surface area (TPSA) is 134 Å². The standard InChI is InChI=1S/C16H17N3O2.2ClH.2H2N.Pt/c1-18(2)6-7-19-15(20)12-5-3-4-10-8-11(17)9-13(14(10)12)16(19)21;;;;;/h3-5,8-9H,6-7,17H2,1-2H3;2*1H;2*1H2;/q;;;2*-1;+4/p-2. The Morgan fingerprint density at radius 3 is 2.23 bits per heavy atom. The number of hydrogen-bond acceptors (Lipinski definition) is 4. The van der Waals surface area contributed by atoms with E-state index < -0.39 is 16.5 Å². The molecule has 0 saturated carbocycles. The van der Waals surface area contributed by atoms with Crippen molar-refractivity contribution in [3.63, 3.8) is 0 Å². The Balaban J connectivity index is 0.00000117. The first-order valence-corrected chi connectivity index (χ1v) is 12.7. The van der Waals surface area contributed by atoms with E-state index >= 15 is 0 Å². The van der Waals surface area contributed by atoms with Crippen molar-refractivity contribution >= 4 is 47.1 Å². The van der Waals surface area contributed by atoms with Gasteiger partial charge in [0.2, 0.25) is 0 Å². The Bertz CT molecular complexity index is 789. The minimum absolute atomic E-state index is 0. The Morgan fingerprint density at radius 2 is 1.65 bits per heavy atom. The Kier molecular flexibility index (Phi) is 10.3. The van der Waals surface area contributed by atoms with Crippen LogP contribution in [-0.2, 0) is 16.5 Å². The summed E-state index contributed by atoms with van der Waals surface area (Å²) < 4.78 is 0. The molecule has 2 amide bonds. The van der Waals surface area contributed by atoms with Crippen LogP contribution in [-0.4, -0.2) is 48.8 Å². The smallest absolute Gasteiger partial charge is 0.693 e. The molecule has 0 atom stereocenters. The molecule has 0 aliphatic carbocycles. The van der Waals surface area contributed by atoms with Gasteiger partial charge in [-0.3, -0.25) is 14.5 Å². The third-order valence-corrected chi connectivity index (χ3v) is 3.72. The molecule has 3 rings (SSSR count). The molecule has 1 aliphatic rings. The number of carbonyl (C=O) groups is 2. The van der Waals surface area contributed by atoms with E-state index in [0.29, 0.717) is 35.3 Å². The quantitative estimate of drug-likeness (QED) is 0.425. The average molecular weight is 581 g/mol. The zero-order valence-corrected chi connectivity index (χ0v) is 18.1. The number of benzene rings is 2. The molecule has 26 heavy (non-hydrogen) atoms. The fraction of sp³-hybridized carbons (Fsp3) is 0.250. The summed E-state index contributed by atoms with van der Waals surface area (Å²) in [6, 6.07) is 8.90. The van der Waals surface area contributed by atoms with Gasteiger partial charge < -0.3 is 22.9 Å². The SMILES string of the molecule is CN(C)CCN1C(=O)c2cccc3cc(N)cc(c23)C1=O.[Cl][Pt+2][Cl].[NH2-].[NH2-]. The second kappa shape index (κ2) is 10.8. The van der Waals surface area contributed by atoms with Crippen molar-refractivity contribution in [3.05, 3.63) is 53.8 Å². The molecular weight excluding hydrogens is 560 g/mol. The number of nitrogen functional groups attached to an aromatic ring is 1. The second-order valence-electron chi connectivity index (χ2n) is 5.58. The van der Waals surface area contributed by atoms with Gasteiger partial charge in [-0.15, -0.1) is 0 Å². The Hall–Kier alpha value is -1.21. The van der Waals surface area contributed by atoms with E-state index in [1.807, 2.05) is 31.1 Å². The van der Waals surface area contributed by atoms with Crippen LogP contribution < -0.4 is 5.73 Å². The normalized spacial score (nSPS) is 12.4. The minimum atomic E-state index is -0.472. The number of halogens is 2. The van der Waals surface area contributed by atoms with Crippen LogP contribution in [0.3, 0.4) is 0 Å². The van der Waals surface area contributed by atoms with Gasteiger partial charge in [0.05, 0.1) is 5.56 Å². The van der Waals surface area contributed by atoms with Gasteiger partial charge >= 0.3 is 35.3 Å². The number of nitrogens with zero attached hydrogens (tertiary/aromatic N) is 2. The van der Waals surface area contributed by atoms with E-state index in [4.69, 9.17) is 24.6 Å². The van der Waals surface area contributed by atoms with Crippen molar-refractivity contribution in [2.24, 2.45) is 0 Å². The summed E-state index contributed by atoms with van der Waals surface area (Å²) >= 11 is -0.472. The van der Waals surface area contributed by atoms with Gasteiger partial charge in [-0.25, -0.2) is 0 Å². The van der Waals surface area contributed by atoms with Gasteiger partial charge in [0.1, 0.15) is 0 Å². The van der Waals surface area contributed by atoms with Gasteiger partial charge in [-0.1, -0.05) is 12.1 Å². The molecule has 0 spiro atoms. The van der Waals surface area contributed by atoms with Crippen molar-refractivity contribution in [1.82, 2.24) is 9.80 Å². The van der Waals surface area contributed by atoms with Gasteiger partial charge in [0, 0.05) is 29.7 Å². The van der Waals surface area contributed by atoms with Crippen molar-refractivity contribution < 1.29 is 26.1 Å². The number of imide groups is 1. The Labute approximate surface area is 169 Å².